The van der Waals surface area contributed by atoms with Crippen LogP contribution < -0.4 is 4.90 Å². The highest BCUT2D eigenvalue weighted by molar-refractivity contribution is 5.97. The number of benzene rings is 4. The molecule has 1 heterocycles. The van der Waals surface area contributed by atoms with Crippen LogP contribution in [-0.4, -0.2) is 36.4 Å². The highest BCUT2D eigenvalue weighted by Gasteiger charge is 2.49. The predicted octanol–water partition coefficient (Wildman–Crippen LogP) is 8.22. The Morgan fingerprint density at radius 2 is 1.29 bits per heavy atom. The molecule has 0 bridgehead atoms. The van der Waals surface area contributed by atoms with Gasteiger partial charge in [-0.15, -0.1) is 0 Å². The maximum atomic E-state index is 13.0. The van der Waals surface area contributed by atoms with E-state index in [0.29, 0.717) is 12.0 Å². The van der Waals surface area contributed by atoms with Crippen molar-refractivity contribution in [3.63, 3.8) is 0 Å². The number of anilines is 1. The zero-order chi connectivity index (χ0) is 28.4. The number of hydrogen-bond acceptors (Lipinski definition) is 3. The molecule has 0 N–H and O–H groups in total. The predicted molar refractivity (Wildman–Crippen MR) is 170 cm³/mol. The third-order valence-electron chi connectivity index (χ3n) is 9.33. The Morgan fingerprint density at radius 3 is 1.76 bits per heavy atom. The molecule has 0 radical (unpaired) electrons. The van der Waals surface area contributed by atoms with E-state index in [-0.39, 0.29) is 5.78 Å². The standard InChI is InChI=1S/C38H42N2O/c1-4-23-39(24-5-2)33-25-29-27-40(36-22-21-34(28(3)41)35(26-33)37(29)36)38(30-15-9-6-10-16-30,31-17-11-7-12-18-31)32-19-13-8-14-20-32/h6-22,29,33H,4-5,23-27H2,1-3H3/t29-,33-/m1/s1. The van der Waals surface area contributed by atoms with Gasteiger partial charge in [0.1, 0.15) is 5.54 Å². The maximum absolute atomic E-state index is 13.0. The topological polar surface area (TPSA) is 23.6 Å². The minimum Gasteiger partial charge on any atom is -0.353 e. The number of rotatable bonds is 10. The van der Waals surface area contributed by atoms with Crippen molar-refractivity contribution in [1.82, 2.24) is 4.90 Å². The van der Waals surface area contributed by atoms with Gasteiger partial charge >= 0.3 is 0 Å². The summed E-state index contributed by atoms with van der Waals surface area (Å²) < 4.78 is 0. The number of hydrogen-bond donors (Lipinski definition) is 0. The summed E-state index contributed by atoms with van der Waals surface area (Å²) in [4.78, 5) is 18.4. The molecule has 1 aliphatic carbocycles. The second kappa shape index (κ2) is 11.7. The number of ketones is 1. The SMILES string of the molecule is CCCN(CCC)[C@H]1Cc2c(C(C)=O)ccc3c2[C@H](C1)CN3C(c1ccccc1)(c1ccccc1)c1ccccc1. The van der Waals surface area contributed by atoms with Crippen LogP contribution in [-0.2, 0) is 12.0 Å². The van der Waals surface area contributed by atoms with Crippen LogP contribution in [0.1, 0.15) is 84.1 Å². The normalized spacial score (nSPS) is 18.0. The van der Waals surface area contributed by atoms with E-state index in [2.05, 4.69) is 127 Å². The first-order valence-electron chi connectivity index (χ1n) is 15.4. The Hall–Kier alpha value is -3.69. The lowest BCUT2D eigenvalue weighted by atomic mass is 9.75. The third-order valence-corrected chi connectivity index (χ3v) is 9.33. The van der Waals surface area contributed by atoms with Gasteiger partial charge < -0.3 is 9.80 Å². The van der Waals surface area contributed by atoms with Gasteiger partial charge in [-0.3, -0.25) is 4.79 Å². The molecular weight excluding hydrogens is 500 g/mol. The summed E-state index contributed by atoms with van der Waals surface area (Å²) in [5.74, 6) is 0.559. The Labute approximate surface area is 245 Å². The first-order chi connectivity index (χ1) is 20.1. The van der Waals surface area contributed by atoms with Crippen molar-refractivity contribution in [3.05, 3.63) is 137 Å². The average molecular weight is 543 g/mol. The van der Waals surface area contributed by atoms with Crippen molar-refractivity contribution in [3.8, 4) is 0 Å². The van der Waals surface area contributed by atoms with E-state index in [4.69, 9.17) is 0 Å². The van der Waals surface area contributed by atoms with E-state index >= 15 is 0 Å². The molecule has 1 aliphatic heterocycles. The summed E-state index contributed by atoms with van der Waals surface area (Å²) in [6.07, 6.45) is 4.39. The molecule has 2 atom stereocenters. The van der Waals surface area contributed by atoms with Crippen LogP contribution in [0.2, 0.25) is 0 Å². The van der Waals surface area contributed by atoms with Gasteiger partial charge in [-0.05, 0) is 85.6 Å². The molecule has 41 heavy (non-hydrogen) atoms. The summed E-state index contributed by atoms with van der Waals surface area (Å²) in [7, 11) is 0. The fourth-order valence-electron chi connectivity index (χ4n) is 7.80. The molecule has 4 aromatic rings. The molecule has 0 spiro atoms. The minimum atomic E-state index is -0.505. The van der Waals surface area contributed by atoms with Gasteiger partial charge in [-0.1, -0.05) is 105 Å². The molecule has 0 fully saturated rings. The van der Waals surface area contributed by atoms with Crippen LogP contribution in [0.5, 0.6) is 0 Å². The summed E-state index contributed by atoms with van der Waals surface area (Å²) in [6, 6.07) is 37.8. The first-order valence-corrected chi connectivity index (χ1v) is 15.4. The lowest BCUT2D eigenvalue weighted by Crippen LogP contribution is -2.48. The van der Waals surface area contributed by atoms with Crippen LogP contribution in [0.15, 0.2) is 103 Å². The molecular formula is C38H42N2O. The molecule has 0 amide bonds. The molecule has 3 heteroatoms. The van der Waals surface area contributed by atoms with Crippen molar-refractivity contribution in [2.75, 3.05) is 24.5 Å². The quantitative estimate of drug-likeness (QED) is 0.149. The van der Waals surface area contributed by atoms with Crippen LogP contribution in [0.4, 0.5) is 5.69 Å². The zero-order valence-corrected chi connectivity index (χ0v) is 24.7. The van der Waals surface area contributed by atoms with Crippen molar-refractivity contribution in [1.29, 1.82) is 0 Å². The Balaban J connectivity index is 1.59. The monoisotopic (exact) mass is 542 g/mol. The van der Waals surface area contributed by atoms with Gasteiger partial charge in [-0.25, -0.2) is 0 Å². The van der Waals surface area contributed by atoms with E-state index in [1.807, 2.05) is 0 Å². The molecule has 0 aromatic heterocycles. The molecule has 2 aliphatic rings. The third kappa shape index (κ3) is 4.71. The molecule has 0 saturated heterocycles. The van der Waals surface area contributed by atoms with E-state index in [1.165, 1.54) is 33.5 Å². The summed E-state index contributed by atoms with van der Waals surface area (Å²) in [5.41, 5.74) is 8.17. The van der Waals surface area contributed by atoms with Crippen molar-refractivity contribution in [2.24, 2.45) is 0 Å². The molecule has 0 saturated carbocycles. The number of Topliss-reactive ketones (excluding diaryl/α,β-unsaturated/α-hetero) is 1. The smallest absolute Gasteiger partial charge is 0.160 e. The van der Waals surface area contributed by atoms with Crippen molar-refractivity contribution >= 4 is 11.5 Å². The maximum Gasteiger partial charge on any atom is 0.160 e. The largest absolute Gasteiger partial charge is 0.353 e. The van der Waals surface area contributed by atoms with E-state index in [1.54, 1.807) is 6.92 Å². The zero-order valence-electron chi connectivity index (χ0n) is 24.7. The second-order valence-corrected chi connectivity index (χ2v) is 11.8. The van der Waals surface area contributed by atoms with Gasteiger partial charge in [0.25, 0.3) is 0 Å². The van der Waals surface area contributed by atoms with Gasteiger partial charge in [0, 0.05) is 29.8 Å². The summed E-state index contributed by atoms with van der Waals surface area (Å²) in [6.45, 7) is 9.45. The first kappa shape index (κ1) is 27.5. The summed E-state index contributed by atoms with van der Waals surface area (Å²) >= 11 is 0. The van der Waals surface area contributed by atoms with Gasteiger partial charge in [0.15, 0.2) is 5.78 Å². The van der Waals surface area contributed by atoms with E-state index in [9.17, 15) is 4.79 Å². The molecule has 3 nitrogen and oxygen atoms in total. The minimum absolute atomic E-state index is 0.179. The van der Waals surface area contributed by atoms with Crippen molar-refractivity contribution in [2.45, 2.75) is 64.0 Å². The van der Waals surface area contributed by atoms with Gasteiger partial charge in [0.05, 0.1) is 0 Å². The van der Waals surface area contributed by atoms with Crippen molar-refractivity contribution < 1.29 is 4.79 Å². The van der Waals surface area contributed by atoms with Crippen LogP contribution in [0, 0.1) is 0 Å². The fraction of sp³-hybridized carbons (Fsp3) is 0.342. The van der Waals surface area contributed by atoms with Gasteiger partial charge in [0.2, 0.25) is 0 Å². The number of carbonyl (C=O) groups excluding carboxylic acids is 1. The molecule has 0 unspecified atom stereocenters. The van der Waals surface area contributed by atoms with E-state index < -0.39 is 5.54 Å². The van der Waals surface area contributed by atoms with Crippen LogP contribution in [0.25, 0.3) is 0 Å². The average Bonchev–Trinajstić information content (AvgIpc) is 3.38. The lowest BCUT2D eigenvalue weighted by molar-refractivity contribution is 0.101. The lowest BCUT2D eigenvalue weighted by Gasteiger charge is -2.45. The fourth-order valence-corrected chi connectivity index (χ4v) is 7.80. The number of nitrogens with zero attached hydrogens (tertiary/aromatic N) is 2. The Kier molecular flexibility index (Phi) is 7.81. The highest BCUT2D eigenvalue weighted by atomic mass is 16.1. The molecule has 6 rings (SSSR count). The second-order valence-electron chi connectivity index (χ2n) is 11.8. The van der Waals surface area contributed by atoms with Crippen LogP contribution in [0.3, 0.4) is 0 Å². The van der Waals surface area contributed by atoms with Gasteiger partial charge in [-0.2, -0.15) is 0 Å². The van der Waals surface area contributed by atoms with Crippen LogP contribution >= 0.6 is 0 Å². The Morgan fingerprint density at radius 1 is 0.780 bits per heavy atom. The summed E-state index contributed by atoms with van der Waals surface area (Å²) in [5, 5.41) is 0. The Bertz CT molecular complexity index is 1380. The number of carbonyl (C=O) groups is 1. The highest BCUT2D eigenvalue weighted by Crippen LogP contribution is 2.54. The molecule has 210 valence electrons. The van der Waals surface area contributed by atoms with E-state index in [0.717, 1.165) is 50.9 Å². The molecule has 4 aromatic carbocycles.